The molecular weight excluding hydrogens is 126 g/mol. The van der Waals surface area contributed by atoms with Gasteiger partial charge in [-0.25, -0.2) is 0 Å². The fourth-order valence-corrected chi connectivity index (χ4v) is 0.899. The minimum atomic E-state index is 0.666. The SMILES string of the molecule is O=CCCCc1ccc[nH]1. The summed E-state index contributed by atoms with van der Waals surface area (Å²) in [5.74, 6) is 0. The summed E-state index contributed by atoms with van der Waals surface area (Å²) in [4.78, 5) is 13.0. The van der Waals surface area contributed by atoms with Crippen molar-refractivity contribution in [2.75, 3.05) is 0 Å². The Hall–Kier alpha value is -1.05. The standard InChI is InChI=1S/C8H11NO/c10-7-2-1-4-8-5-3-6-9-8/h3,5-7,9H,1-2,4H2. The van der Waals surface area contributed by atoms with Gasteiger partial charge in [-0.2, -0.15) is 0 Å². The number of hydrogen-bond acceptors (Lipinski definition) is 1. The maximum atomic E-state index is 9.92. The van der Waals surface area contributed by atoms with Crippen molar-refractivity contribution in [2.45, 2.75) is 19.3 Å². The van der Waals surface area contributed by atoms with Crippen LogP contribution in [0.4, 0.5) is 0 Å². The highest BCUT2D eigenvalue weighted by Crippen LogP contribution is 1.99. The van der Waals surface area contributed by atoms with Crippen molar-refractivity contribution in [3.05, 3.63) is 24.0 Å². The van der Waals surface area contributed by atoms with E-state index in [-0.39, 0.29) is 0 Å². The Morgan fingerprint density at radius 1 is 1.60 bits per heavy atom. The average molecular weight is 137 g/mol. The van der Waals surface area contributed by atoms with Gasteiger partial charge in [-0.15, -0.1) is 0 Å². The lowest BCUT2D eigenvalue weighted by atomic mass is 10.2. The molecule has 0 spiro atoms. The molecule has 0 saturated heterocycles. The van der Waals surface area contributed by atoms with Gasteiger partial charge in [-0.1, -0.05) is 0 Å². The number of unbranched alkanes of at least 4 members (excludes halogenated alkanes) is 1. The summed E-state index contributed by atoms with van der Waals surface area (Å²) in [6.45, 7) is 0. The van der Waals surface area contributed by atoms with Crippen LogP contribution in [0.25, 0.3) is 0 Å². The Balaban J connectivity index is 2.21. The van der Waals surface area contributed by atoms with Gasteiger partial charge >= 0.3 is 0 Å². The van der Waals surface area contributed by atoms with Crippen molar-refractivity contribution in [3.63, 3.8) is 0 Å². The second-order valence-corrected chi connectivity index (χ2v) is 2.25. The van der Waals surface area contributed by atoms with Gasteiger partial charge in [-0.05, 0) is 25.0 Å². The van der Waals surface area contributed by atoms with E-state index in [1.807, 2.05) is 18.3 Å². The van der Waals surface area contributed by atoms with Crippen LogP contribution >= 0.6 is 0 Å². The quantitative estimate of drug-likeness (QED) is 0.495. The summed E-state index contributed by atoms with van der Waals surface area (Å²) < 4.78 is 0. The Morgan fingerprint density at radius 3 is 3.10 bits per heavy atom. The van der Waals surface area contributed by atoms with Crippen molar-refractivity contribution in [1.82, 2.24) is 4.98 Å². The van der Waals surface area contributed by atoms with Crippen LogP contribution in [0, 0.1) is 0 Å². The number of aldehydes is 1. The van der Waals surface area contributed by atoms with Crippen LogP contribution in [0.3, 0.4) is 0 Å². The molecule has 0 aliphatic rings. The predicted octanol–water partition coefficient (Wildman–Crippen LogP) is 1.54. The first-order chi connectivity index (χ1) is 4.93. The maximum absolute atomic E-state index is 9.92. The van der Waals surface area contributed by atoms with Gasteiger partial charge in [0, 0.05) is 18.3 Å². The molecule has 2 nitrogen and oxygen atoms in total. The van der Waals surface area contributed by atoms with Crippen LogP contribution in [0.15, 0.2) is 18.3 Å². The molecular formula is C8H11NO. The second-order valence-electron chi connectivity index (χ2n) is 2.25. The predicted molar refractivity (Wildman–Crippen MR) is 39.8 cm³/mol. The summed E-state index contributed by atoms with van der Waals surface area (Å²) in [7, 11) is 0. The number of nitrogens with one attached hydrogen (secondary N) is 1. The zero-order chi connectivity index (χ0) is 7.23. The summed E-state index contributed by atoms with van der Waals surface area (Å²) in [5, 5.41) is 0. The largest absolute Gasteiger partial charge is 0.365 e. The molecule has 0 fully saturated rings. The smallest absolute Gasteiger partial charge is 0.120 e. The zero-order valence-electron chi connectivity index (χ0n) is 5.84. The van der Waals surface area contributed by atoms with Gasteiger partial charge in [0.25, 0.3) is 0 Å². The number of H-pyrrole nitrogens is 1. The summed E-state index contributed by atoms with van der Waals surface area (Å²) in [6, 6.07) is 4.00. The van der Waals surface area contributed by atoms with E-state index in [4.69, 9.17) is 0 Å². The van der Waals surface area contributed by atoms with E-state index in [1.165, 1.54) is 5.69 Å². The molecule has 0 saturated carbocycles. The molecule has 0 aliphatic heterocycles. The monoisotopic (exact) mass is 137 g/mol. The molecule has 0 bridgehead atoms. The van der Waals surface area contributed by atoms with Crippen LogP contribution < -0.4 is 0 Å². The minimum Gasteiger partial charge on any atom is -0.365 e. The first-order valence-corrected chi connectivity index (χ1v) is 3.49. The van der Waals surface area contributed by atoms with Crippen LogP contribution in [-0.4, -0.2) is 11.3 Å². The number of carbonyl (C=O) groups excluding carboxylic acids is 1. The van der Waals surface area contributed by atoms with E-state index in [2.05, 4.69) is 4.98 Å². The fourth-order valence-electron chi connectivity index (χ4n) is 0.899. The van der Waals surface area contributed by atoms with Gasteiger partial charge in [0.1, 0.15) is 6.29 Å². The highest BCUT2D eigenvalue weighted by molar-refractivity contribution is 5.49. The number of aromatic amines is 1. The number of rotatable bonds is 4. The van der Waals surface area contributed by atoms with E-state index in [1.54, 1.807) is 0 Å². The van der Waals surface area contributed by atoms with Crippen LogP contribution in [0.2, 0.25) is 0 Å². The van der Waals surface area contributed by atoms with Crippen molar-refractivity contribution < 1.29 is 4.79 Å². The van der Waals surface area contributed by atoms with E-state index in [0.717, 1.165) is 19.1 Å². The topological polar surface area (TPSA) is 32.9 Å². The Bertz CT molecular complexity index is 179. The summed E-state index contributed by atoms with van der Waals surface area (Å²) >= 11 is 0. The third-order valence-corrected chi connectivity index (χ3v) is 1.43. The van der Waals surface area contributed by atoms with E-state index in [9.17, 15) is 4.79 Å². The van der Waals surface area contributed by atoms with E-state index in [0.29, 0.717) is 6.42 Å². The molecule has 0 aromatic carbocycles. The van der Waals surface area contributed by atoms with Crippen molar-refractivity contribution in [1.29, 1.82) is 0 Å². The van der Waals surface area contributed by atoms with Crippen molar-refractivity contribution in [3.8, 4) is 0 Å². The number of carbonyl (C=O) groups is 1. The molecule has 1 N–H and O–H groups in total. The lowest BCUT2D eigenvalue weighted by Gasteiger charge is -1.91. The van der Waals surface area contributed by atoms with Gasteiger partial charge in [0.05, 0.1) is 0 Å². The van der Waals surface area contributed by atoms with Gasteiger partial charge in [0.2, 0.25) is 0 Å². The van der Waals surface area contributed by atoms with Crippen LogP contribution in [0.1, 0.15) is 18.5 Å². The molecule has 0 aliphatic carbocycles. The van der Waals surface area contributed by atoms with Crippen molar-refractivity contribution in [2.24, 2.45) is 0 Å². The highest BCUT2D eigenvalue weighted by Gasteiger charge is 1.90. The third kappa shape index (κ3) is 2.05. The highest BCUT2D eigenvalue weighted by atomic mass is 16.1. The summed E-state index contributed by atoms with van der Waals surface area (Å²) in [6.07, 6.45) is 5.45. The number of aryl methyl sites for hydroxylation is 1. The van der Waals surface area contributed by atoms with Gasteiger partial charge in [0.15, 0.2) is 0 Å². The molecule has 2 heteroatoms. The van der Waals surface area contributed by atoms with Crippen molar-refractivity contribution >= 4 is 6.29 Å². The minimum absolute atomic E-state index is 0.666. The molecule has 54 valence electrons. The molecule has 1 aromatic rings. The van der Waals surface area contributed by atoms with Gasteiger partial charge in [-0.3, -0.25) is 0 Å². The molecule has 0 amide bonds. The summed E-state index contributed by atoms with van der Waals surface area (Å²) in [5.41, 5.74) is 1.21. The average Bonchev–Trinajstić information content (AvgIpc) is 2.41. The Morgan fingerprint density at radius 2 is 2.50 bits per heavy atom. The second kappa shape index (κ2) is 3.88. The molecule has 0 unspecified atom stereocenters. The third-order valence-electron chi connectivity index (χ3n) is 1.43. The maximum Gasteiger partial charge on any atom is 0.120 e. The molecule has 0 atom stereocenters. The molecule has 0 radical (unpaired) electrons. The lowest BCUT2D eigenvalue weighted by Crippen LogP contribution is -1.84. The number of hydrogen-bond donors (Lipinski definition) is 1. The Kier molecular flexibility index (Phi) is 2.74. The van der Waals surface area contributed by atoms with E-state index < -0.39 is 0 Å². The lowest BCUT2D eigenvalue weighted by molar-refractivity contribution is -0.107. The molecule has 1 rings (SSSR count). The first kappa shape index (κ1) is 7.06. The number of aromatic nitrogens is 1. The first-order valence-electron chi connectivity index (χ1n) is 3.49. The zero-order valence-corrected chi connectivity index (χ0v) is 5.84. The fraction of sp³-hybridized carbons (Fsp3) is 0.375. The molecule has 10 heavy (non-hydrogen) atoms. The molecule has 1 heterocycles. The van der Waals surface area contributed by atoms with E-state index >= 15 is 0 Å². The van der Waals surface area contributed by atoms with Crippen LogP contribution in [0.5, 0.6) is 0 Å². The Labute approximate surface area is 60.3 Å². The molecule has 1 aromatic heterocycles. The normalized spacial score (nSPS) is 9.60. The van der Waals surface area contributed by atoms with Gasteiger partial charge < -0.3 is 9.78 Å². The van der Waals surface area contributed by atoms with Crippen LogP contribution in [-0.2, 0) is 11.2 Å².